The van der Waals surface area contributed by atoms with Gasteiger partial charge in [0.1, 0.15) is 5.75 Å². The summed E-state index contributed by atoms with van der Waals surface area (Å²) in [6.07, 6.45) is 0. The van der Waals surface area contributed by atoms with Crippen LogP contribution in [0, 0.1) is 6.92 Å². The molecule has 0 aliphatic heterocycles. The molecule has 0 aliphatic rings. The van der Waals surface area contributed by atoms with Crippen LogP contribution in [0.25, 0.3) is 21.8 Å². The highest BCUT2D eigenvalue weighted by Crippen LogP contribution is 2.31. The van der Waals surface area contributed by atoms with Crippen molar-refractivity contribution in [1.82, 2.24) is 4.57 Å². The Kier molecular flexibility index (Phi) is 2.11. The van der Waals surface area contributed by atoms with E-state index in [1.165, 1.54) is 27.4 Å². The quantitative estimate of drug-likeness (QED) is 0.616. The van der Waals surface area contributed by atoms with Crippen molar-refractivity contribution < 1.29 is 4.74 Å². The zero-order valence-electron chi connectivity index (χ0n) is 10.3. The molecule has 0 saturated heterocycles. The molecule has 1 heterocycles. The van der Waals surface area contributed by atoms with Gasteiger partial charge in [-0.05, 0) is 31.2 Å². The second kappa shape index (κ2) is 3.52. The molecule has 0 radical (unpaired) electrons. The summed E-state index contributed by atoms with van der Waals surface area (Å²) >= 11 is 0. The third-order valence-electron chi connectivity index (χ3n) is 3.37. The van der Waals surface area contributed by atoms with Crippen molar-refractivity contribution in [2.45, 2.75) is 6.92 Å². The largest absolute Gasteiger partial charge is 0.497 e. The van der Waals surface area contributed by atoms with Crippen molar-refractivity contribution in [3.63, 3.8) is 0 Å². The highest BCUT2D eigenvalue weighted by molar-refractivity contribution is 6.08. The van der Waals surface area contributed by atoms with Crippen LogP contribution in [0.1, 0.15) is 5.56 Å². The number of rotatable bonds is 1. The minimum atomic E-state index is 0.903. The van der Waals surface area contributed by atoms with Crippen molar-refractivity contribution in [2.75, 3.05) is 7.11 Å². The van der Waals surface area contributed by atoms with E-state index < -0.39 is 0 Å². The standard InChI is InChI=1S/C15H15NO/c1-10-4-7-14-13(8-10)12-6-5-11(17-3)9-15(12)16(14)2/h4-9H,1-3H3. The molecule has 0 fully saturated rings. The Bertz CT molecular complexity index is 710. The van der Waals surface area contributed by atoms with Gasteiger partial charge in [-0.1, -0.05) is 11.6 Å². The van der Waals surface area contributed by atoms with E-state index in [4.69, 9.17) is 4.74 Å². The summed E-state index contributed by atoms with van der Waals surface area (Å²) in [5.41, 5.74) is 3.77. The third-order valence-corrected chi connectivity index (χ3v) is 3.37. The van der Waals surface area contributed by atoms with E-state index in [2.05, 4.69) is 48.9 Å². The molecule has 0 aliphatic carbocycles. The van der Waals surface area contributed by atoms with E-state index in [1.807, 2.05) is 6.07 Å². The van der Waals surface area contributed by atoms with Crippen LogP contribution in [-0.4, -0.2) is 11.7 Å². The molecule has 0 amide bonds. The molecule has 0 unspecified atom stereocenters. The van der Waals surface area contributed by atoms with Gasteiger partial charge in [0.2, 0.25) is 0 Å². The van der Waals surface area contributed by atoms with Gasteiger partial charge in [-0.2, -0.15) is 0 Å². The average molecular weight is 225 g/mol. The lowest BCUT2D eigenvalue weighted by atomic mass is 10.1. The summed E-state index contributed by atoms with van der Waals surface area (Å²) in [5.74, 6) is 0.903. The van der Waals surface area contributed by atoms with Crippen molar-refractivity contribution in [3.05, 3.63) is 42.0 Å². The van der Waals surface area contributed by atoms with E-state index in [-0.39, 0.29) is 0 Å². The molecule has 0 bridgehead atoms. The van der Waals surface area contributed by atoms with Gasteiger partial charge in [0.05, 0.1) is 12.6 Å². The minimum absolute atomic E-state index is 0.903. The van der Waals surface area contributed by atoms with Gasteiger partial charge in [-0.25, -0.2) is 0 Å². The highest BCUT2D eigenvalue weighted by Gasteiger charge is 2.08. The maximum atomic E-state index is 5.28. The Morgan fingerprint density at radius 2 is 1.76 bits per heavy atom. The number of fused-ring (bicyclic) bond motifs is 3. The lowest BCUT2D eigenvalue weighted by molar-refractivity contribution is 0.415. The van der Waals surface area contributed by atoms with Crippen LogP contribution in [0.15, 0.2) is 36.4 Å². The number of ether oxygens (including phenoxy) is 1. The molecule has 2 heteroatoms. The summed E-state index contributed by atoms with van der Waals surface area (Å²) < 4.78 is 7.50. The number of benzene rings is 2. The van der Waals surface area contributed by atoms with E-state index in [0.29, 0.717) is 0 Å². The van der Waals surface area contributed by atoms with Crippen molar-refractivity contribution in [2.24, 2.45) is 7.05 Å². The van der Waals surface area contributed by atoms with Gasteiger partial charge in [-0.15, -0.1) is 0 Å². The van der Waals surface area contributed by atoms with Gasteiger partial charge < -0.3 is 9.30 Å². The summed E-state index contributed by atoms with van der Waals surface area (Å²) in [5, 5.41) is 2.59. The van der Waals surface area contributed by atoms with Gasteiger partial charge in [0.15, 0.2) is 0 Å². The van der Waals surface area contributed by atoms with Gasteiger partial charge in [-0.3, -0.25) is 0 Å². The van der Waals surface area contributed by atoms with Crippen molar-refractivity contribution >= 4 is 21.8 Å². The van der Waals surface area contributed by atoms with E-state index >= 15 is 0 Å². The van der Waals surface area contributed by atoms with E-state index in [9.17, 15) is 0 Å². The van der Waals surface area contributed by atoms with Crippen LogP contribution in [0.2, 0.25) is 0 Å². The Hall–Kier alpha value is -1.96. The zero-order chi connectivity index (χ0) is 12.0. The molecule has 17 heavy (non-hydrogen) atoms. The SMILES string of the molecule is COc1ccc2c3cc(C)ccc3n(C)c2c1. The molecule has 0 atom stereocenters. The smallest absolute Gasteiger partial charge is 0.120 e. The van der Waals surface area contributed by atoms with Crippen molar-refractivity contribution in [3.8, 4) is 5.75 Å². The van der Waals surface area contributed by atoms with Crippen LogP contribution < -0.4 is 4.74 Å². The summed E-state index contributed by atoms with van der Waals surface area (Å²) in [6.45, 7) is 2.13. The lowest BCUT2D eigenvalue weighted by Gasteiger charge is -2.01. The predicted octanol–water partition coefficient (Wildman–Crippen LogP) is 3.65. The lowest BCUT2D eigenvalue weighted by Crippen LogP contribution is -1.87. The molecule has 0 N–H and O–H groups in total. The molecule has 86 valence electrons. The topological polar surface area (TPSA) is 14.2 Å². The second-order valence-electron chi connectivity index (χ2n) is 4.46. The number of methoxy groups -OCH3 is 1. The van der Waals surface area contributed by atoms with Crippen LogP contribution in [0.3, 0.4) is 0 Å². The fourth-order valence-electron chi connectivity index (χ4n) is 2.43. The minimum Gasteiger partial charge on any atom is -0.497 e. The monoisotopic (exact) mass is 225 g/mol. The van der Waals surface area contributed by atoms with Gasteiger partial charge in [0, 0.05) is 29.4 Å². The normalized spacial score (nSPS) is 11.2. The van der Waals surface area contributed by atoms with E-state index in [0.717, 1.165) is 5.75 Å². The molecule has 2 aromatic carbocycles. The van der Waals surface area contributed by atoms with Gasteiger partial charge >= 0.3 is 0 Å². The molecule has 3 aromatic rings. The number of aromatic nitrogens is 1. The third kappa shape index (κ3) is 1.41. The van der Waals surface area contributed by atoms with Crippen LogP contribution >= 0.6 is 0 Å². The average Bonchev–Trinajstić information content (AvgIpc) is 2.62. The van der Waals surface area contributed by atoms with Crippen LogP contribution in [-0.2, 0) is 7.05 Å². The first kappa shape index (κ1) is 10.2. The number of hydrogen-bond donors (Lipinski definition) is 0. The number of nitrogens with zero attached hydrogens (tertiary/aromatic N) is 1. The number of hydrogen-bond acceptors (Lipinski definition) is 1. The Morgan fingerprint density at radius 3 is 2.53 bits per heavy atom. The molecular formula is C15H15NO. The second-order valence-corrected chi connectivity index (χ2v) is 4.46. The van der Waals surface area contributed by atoms with Crippen LogP contribution in [0.5, 0.6) is 5.75 Å². The maximum absolute atomic E-state index is 5.28. The molecule has 0 spiro atoms. The molecular weight excluding hydrogens is 210 g/mol. The van der Waals surface area contributed by atoms with E-state index in [1.54, 1.807) is 7.11 Å². The maximum Gasteiger partial charge on any atom is 0.120 e. The van der Waals surface area contributed by atoms with Crippen LogP contribution in [0.4, 0.5) is 0 Å². The summed E-state index contributed by atoms with van der Waals surface area (Å²) in [4.78, 5) is 0. The van der Waals surface area contributed by atoms with Gasteiger partial charge in [0.25, 0.3) is 0 Å². The first-order valence-corrected chi connectivity index (χ1v) is 5.73. The predicted molar refractivity (Wildman–Crippen MR) is 71.7 cm³/mol. The molecule has 2 nitrogen and oxygen atoms in total. The molecule has 3 rings (SSSR count). The Balaban J connectivity index is 2.49. The highest BCUT2D eigenvalue weighted by atomic mass is 16.5. The Labute approximate surface area is 100 Å². The molecule has 1 aromatic heterocycles. The zero-order valence-corrected chi connectivity index (χ0v) is 10.3. The summed E-state index contributed by atoms with van der Waals surface area (Å²) in [6, 6.07) is 12.8. The number of aryl methyl sites for hydroxylation is 2. The molecule has 0 saturated carbocycles. The summed E-state index contributed by atoms with van der Waals surface area (Å²) in [7, 11) is 3.80. The first-order chi connectivity index (χ1) is 8.20. The Morgan fingerprint density at radius 1 is 0.941 bits per heavy atom. The fourth-order valence-corrected chi connectivity index (χ4v) is 2.43. The first-order valence-electron chi connectivity index (χ1n) is 5.73. The fraction of sp³-hybridized carbons (Fsp3) is 0.200. The van der Waals surface area contributed by atoms with Crippen molar-refractivity contribution in [1.29, 1.82) is 0 Å².